The molecule has 3 rings (SSSR count). The summed E-state index contributed by atoms with van der Waals surface area (Å²) < 4.78 is 0. The van der Waals surface area contributed by atoms with E-state index in [-0.39, 0.29) is 19.0 Å². The second-order valence-corrected chi connectivity index (χ2v) is 7.03. The van der Waals surface area contributed by atoms with E-state index in [9.17, 15) is 24.0 Å². The number of nitrogens with one attached hydrogen (secondary N) is 3. The predicted octanol–water partition coefficient (Wildman–Crippen LogP) is -1.20. The lowest BCUT2D eigenvalue weighted by molar-refractivity contribution is -0.153. The number of amides is 6. The van der Waals surface area contributed by atoms with Gasteiger partial charge in [0.25, 0.3) is 0 Å². The Balaban J connectivity index is 1.71. The number of nitrogens with zero attached hydrogens (tertiary/aromatic N) is 2. The zero-order valence-electron chi connectivity index (χ0n) is 14.6. The highest BCUT2D eigenvalue weighted by molar-refractivity contribution is 7.10. The van der Waals surface area contributed by atoms with Crippen LogP contribution in [-0.4, -0.2) is 71.7 Å². The molecule has 6 amide bonds. The van der Waals surface area contributed by atoms with Gasteiger partial charge in [-0.1, -0.05) is 6.07 Å². The number of urea groups is 1. The van der Waals surface area contributed by atoms with Gasteiger partial charge in [0.2, 0.25) is 11.8 Å². The molecule has 0 bridgehead atoms. The zero-order chi connectivity index (χ0) is 19.6. The molecule has 2 unspecified atom stereocenters. The van der Waals surface area contributed by atoms with Gasteiger partial charge in [0.15, 0.2) is 0 Å². The van der Waals surface area contributed by atoms with Crippen LogP contribution in [0.25, 0.3) is 0 Å². The first-order valence-corrected chi connectivity index (χ1v) is 9.33. The van der Waals surface area contributed by atoms with Crippen LogP contribution in [0.15, 0.2) is 17.5 Å². The number of β-lactam (4-membered cyclic amide) rings is 1. The van der Waals surface area contributed by atoms with E-state index in [1.807, 2.05) is 0 Å². The SMILES string of the molecule is CCN1CCN(C(=O)NC(C(=O)NC2CNC2=O)c2cccs2)C(=O)C1=O. The average Bonchev–Trinajstić information content (AvgIpc) is 3.19. The van der Waals surface area contributed by atoms with Gasteiger partial charge in [0.05, 0.1) is 0 Å². The number of piperazine rings is 1. The summed E-state index contributed by atoms with van der Waals surface area (Å²) in [5.74, 6) is -2.53. The quantitative estimate of drug-likeness (QED) is 0.428. The van der Waals surface area contributed by atoms with Crippen molar-refractivity contribution in [3.8, 4) is 0 Å². The minimum absolute atomic E-state index is 0.0497. The van der Waals surface area contributed by atoms with Gasteiger partial charge in [0.1, 0.15) is 12.1 Å². The normalized spacial score (nSPS) is 20.6. The van der Waals surface area contributed by atoms with Crippen LogP contribution < -0.4 is 16.0 Å². The molecular formula is C16H19N5O5S. The van der Waals surface area contributed by atoms with Crippen LogP contribution in [-0.2, 0) is 19.2 Å². The molecular weight excluding hydrogens is 374 g/mol. The summed E-state index contributed by atoms with van der Waals surface area (Å²) in [5.41, 5.74) is 0. The molecule has 2 saturated heterocycles. The van der Waals surface area contributed by atoms with Gasteiger partial charge < -0.3 is 20.9 Å². The van der Waals surface area contributed by atoms with Crippen LogP contribution in [0.3, 0.4) is 0 Å². The summed E-state index contributed by atoms with van der Waals surface area (Å²) in [6, 6.07) is 0.844. The summed E-state index contributed by atoms with van der Waals surface area (Å²) in [6.07, 6.45) is 0. The monoisotopic (exact) mass is 393 g/mol. The van der Waals surface area contributed by atoms with Gasteiger partial charge in [-0.3, -0.25) is 24.1 Å². The molecule has 2 atom stereocenters. The number of carbonyl (C=O) groups excluding carboxylic acids is 5. The van der Waals surface area contributed by atoms with Gasteiger partial charge in [0, 0.05) is 31.1 Å². The molecule has 0 aromatic carbocycles. The van der Waals surface area contributed by atoms with E-state index in [4.69, 9.17) is 0 Å². The van der Waals surface area contributed by atoms with Crippen LogP contribution in [0.1, 0.15) is 17.8 Å². The average molecular weight is 393 g/mol. The predicted molar refractivity (Wildman–Crippen MR) is 94.5 cm³/mol. The van der Waals surface area contributed by atoms with E-state index in [0.29, 0.717) is 18.0 Å². The fraction of sp³-hybridized carbons (Fsp3) is 0.438. The Hall–Kier alpha value is -2.95. The maximum absolute atomic E-state index is 12.6. The Morgan fingerprint density at radius 2 is 2.07 bits per heavy atom. The van der Waals surface area contributed by atoms with Crippen LogP contribution in [0.4, 0.5) is 4.79 Å². The number of rotatable bonds is 5. The smallest absolute Gasteiger partial charge is 0.325 e. The first-order chi connectivity index (χ1) is 12.9. The molecule has 144 valence electrons. The molecule has 3 heterocycles. The summed E-state index contributed by atoms with van der Waals surface area (Å²) >= 11 is 1.25. The topological polar surface area (TPSA) is 128 Å². The van der Waals surface area contributed by atoms with Crippen molar-refractivity contribution >= 4 is 41.0 Å². The Labute approximate surface area is 158 Å². The number of hydrogen-bond donors (Lipinski definition) is 3. The highest BCUT2D eigenvalue weighted by Crippen LogP contribution is 2.20. The van der Waals surface area contributed by atoms with Gasteiger partial charge in [-0.05, 0) is 18.4 Å². The highest BCUT2D eigenvalue weighted by Gasteiger charge is 2.38. The van der Waals surface area contributed by atoms with Crippen LogP contribution in [0, 0.1) is 0 Å². The molecule has 3 N–H and O–H groups in total. The Kier molecular flexibility index (Phi) is 5.40. The van der Waals surface area contributed by atoms with E-state index < -0.39 is 35.8 Å². The van der Waals surface area contributed by atoms with Crippen molar-refractivity contribution in [2.75, 3.05) is 26.2 Å². The molecule has 1 aromatic heterocycles. The van der Waals surface area contributed by atoms with E-state index in [1.54, 1.807) is 24.4 Å². The summed E-state index contributed by atoms with van der Waals surface area (Å²) in [6.45, 7) is 2.74. The molecule has 0 spiro atoms. The van der Waals surface area contributed by atoms with E-state index in [0.717, 1.165) is 4.90 Å². The van der Waals surface area contributed by atoms with Gasteiger partial charge in [-0.2, -0.15) is 0 Å². The molecule has 1 aromatic rings. The number of hydrogen-bond acceptors (Lipinski definition) is 6. The van der Waals surface area contributed by atoms with E-state index >= 15 is 0 Å². The standard InChI is InChI=1S/C16H19N5O5S/c1-2-20-5-6-21(15(25)14(20)24)16(26)19-11(10-4-3-7-27-10)13(23)18-9-8-17-12(9)22/h3-4,7,9,11H,2,5-6,8H2,1H3,(H,17,22)(H,18,23)(H,19,26). The van der Waals surface area contributed by atoms with Gasteiger partial charge in [-0.25, -0.2) is 4.79 Å². The molecule has 11 heteroatoms. The summed E-state index contributed by atoms with van der Waals surface area (Å²) in [4.78, 5) is 63.4. The fourth-order valence-electron chi connectivity index (χ4n) is 2.75. The molecule has 0 saturated carbocycles. The fourth-order valence-corrected chi connectivity index (χ4v) is 3.53. The van der Waals surface area contributed by atoms with Crippen LogP contribution in [0.5, 0.6) is 0 Å². The lowest BCUT2D eigenvalue weighted by atomic mass is 10.1. The Morgan fingerprint density at radius 3 is 2.63 bits per heavy atom. The van der Waals surface area contributed by atoms with Crippen molar-refractivity contribution in [1.82, 2.24) is 25.8 Å². The van der Waals surface area contributed by atoms with Crippen molar-refractivity contribution < 1.29 is 24.0 Å². The van der Waals surface area contributed by atoms with E-state index in [2.05, 4.69) is 16.0 Å². The highest BCUT2D eigenvalue weighted by atomic mass is 32.1. The van der Waals surface area contributed by atoms with Crippen molar-refractivity contribution in [2.24, 2.45) is 0 Å². The lowest BCUT2D eigenvalue weighted by Gasteiger charge is -2.33. The minimum Gasteiger partial charge on any atom is -0.352 e. The number of thiophene rings is 1. The van der Waals surface area contributed by atoms with Crippen molar-refractivity contribution in [2.45, 2.75) is 19.0 Å². The molecule has 2 aliphatic heterocycles. The second kappa shape index (κ2) is 7.74. The first-order valence-electron chi connectivity index (χ1n) is 8.45. The molecule has 2 aliphatic rings. The second-order valence-electron chi connectivity index (χ2n) is 6.05. The maximum atomic E-state index is 12.6. The van der Waals surface area contributed by atoms with E-state index in [1.165, 1.54) is 16.2 Å². The minimum atomic E-state index is -1.07. The third kappa shape index (κ3) is 3.77. The summed E-state index contributed by atoms with van der Waals surface area (Å²) in [5, 5.41) is 9.32. The maximum Gasteiger partial charge on any atom is 0.325 e. The Morgan fingerprint density at radius 1 is 1.30 bits per heavy atom. The van der Waals surface area contributed by atoms with Crippen LogP contribution in [0.2, 0.25) is 0 Å². The molecule has 0 radical (unpaired) electrons. The molecule has 2 fully saturated rings. The number of likely N-dealkylation sites (N-methyl/N-ethyl adjacent to an activating group) is 1. The first kappa shape index (κ1) is 18.8. The number of carbonyl (C=O) groups is 5. The third-order valence-corrected chi connectivity index (χ3v) is 5.34. The van der Waals surface area contributed by atoms with Gasteiger partial charge >= 0.3 is 17.8 Å². The third-order valence-electron chi connectivity index (χ3n) is 4.41. The molecule has 0 aliphatic carbocycles. The molecule has 10 nitrogen and oxygen atoms in total. The largest absolute Gasteiger partial charge is 0.352 e. The molecule has 27 heavy (non-hydrogen) atoms. The lowest BCUT2D eigenvalue weighted by Crippen LogP contribution is -2.63. The summed E-state index contributed by atoms with van der Waals surface area (Å²) in [7, 11) is 0. The van der Waals surface area contributed by atoms with Crippen molar-refractivity contribution in [3.05, 3.63) is 22.4 Å². The Bertz CT molecular complexity index is 780. The van der Waals surface area contributed by atoms with Gasteiger partial charge in [-0.15, -0.1) is 11.3 Å². The number of imide groups is 1. The zero-order valence-corrected chi connectivity index (χ0v) is 15.4. The van der Waals surface area contributed by atoms with Crippen LogP contribution >= 0.6 is 11.3 Å². The van der Waals surface area contributed by atoms with Crippen molar-refractivity contribution in [1.29, 1.82) is 0 Å². The van der Waals surface area contributed by atoms with Crippen molar-refractivity contribution in [3.63, 3.8) is 0 Å².